The zero-order valence-electron chi connectivity index (χ0n) is 52.3. The van der Waals surface area contributed by atoms with Gasteiger partial charge in [-0.2, -0.15) is 0 Å². The van der Waals surface area contributed by atoms with E-state index in [0.717, 1.165) is 129 Å². The van der Waals surface area contributed by atoms with E-state index >= 15 is 0 Å². The van der Waals surface area contributed by atoms with Crippen molar-refractivity contribution in [2.24, 2.45) is 20.0 Å². The molecule has 0 fully saturated rings. The fourth-order valence-electron chi connectivity index (χ4n) is 10.2. The van der Waals surface area contributed by atoms with E-state index in [1.165, 1.54) is 5.56 Å². The molecular weight excluding hydrogens is 1150 g/mol. The maximum Gasteiger partial charge on any atom is 0.119 e. The third-order valence-corrected chi connectivity index (χ3v) is 15.4. The molecule has 0 aliphatic carbocycles. The van der Waals surface area contributed by atoms with E-state index in [9.17, 15) is 0 Å². The lowest BCUT2D eigenvalue weighted by Gasteiger charge is -2.10. The summed E-state index contributed by atoms with van der Waals surface area (Å²) < 4.78 is 24.5. The van der Waals surface area contributed by atoms with E-state index in [2.05, 4.69) is 96.1 Å². The number of aliphatic imine (C=N–C) groups is 4. The molecule has 0 aliphatic heterocycles. The van der Waals surface area contributed by atoms with Crippen molar-refractivity contribution in [2.45, 2.75) is 33.7 Å². The van der Waals surface area contributed by atoms with E-state index in [-0.39, 0.29) is 0 Å². The maximum atomic E-state index is 6.30. The number of hydrogen-bond acceptors (Lipinski definition) is 8. The molecule has 0 N–H and O–H groups in total. The fourth-order valence-corrected chi connectivity index (χ4v) is 10.2. The normalized spacial score (nSPS) is 10.4. The number of benzene rings is 12. The van der Waals surface area contributed by atoms with Gasteiger partial charge in [-0.25, -0.2) is 20.0 Å². The molecule has 0 atom stereocenters. The molecule has 0 aromatic heterocycles. The molecule has 0 aliphatic rings. The van der Waals surface area contributed by atoms with Gasteiger partial charge in [-0.05, 0) is 244 Å². The smallest absolute Gasteiger partial charge is 0.119 e. The summed E-state index contributed by atoms with van der Waals surface area (Å²) in [6.07, 6.45) is 0. The summed E-state index contributed by atoms with van der Waals surface area (Å²) in [5.74, 6) is 16.5. The third kappa shape index (κ3) is 17.1. The summed E-state index contributed by atoms with van der Waals surface area (Å²) in [5, 5.41) is 0. The van der Waals surface area contributed by atoms with Crippen LogP contribution in [0.5, 0.6) is 23.0 Å². The first-order valence-electron chi connectivity index (χ1n) is 31.2. The molecule has 0 radical (unpaired) electrons. The Morgan fingerprint density at radius 2 is 0.457 bits per heavy atom. The van der Waals surface area contributed by atoms with Crippen LogP contribution in [0.15, 0.2) is 335 Å². The van der Waals surface area contributed by atoms with Crippen LogP contribution in [0.4, 0.5) is 22.7 Å². The maximum absolute atomic E-state index is 6.30. The zero-order valence-corrected chi connectivity index (χ0v) is 52.3. The van der Waals surface area contributed by atoms with E-state index in [1.54, 1.807) is 0 Å². The highest BCUT2D eigenvalue weighted by Gasteiger charge is 2.12. The lowest BCUT2D eigenvalue weighted by atomic mass is 9.99. The molecule has 0 amide bonds. The van der Waals surface area contributed by atoms with Crippen molar-refractivity contribution in [1.29, 1.82) is 0 Å². The molecule has 0 saturated heterocycles. The Kier molecular flexibility index (Phi) is 20.7. The van der Waals surface area contributed by atoms with Crippen molar-refractivity contribution in [3.05, 3.63) is 382 Å². The van der Waals surface area contributed by atoms with Crippen LogP contribution in [0.2, 0.25) is 0 Å². The van der Waals surface area contributed by atoms with Gasteiger partial charge in [0.2, 0.25) is 0 Å². The van der Waals surface area contributed by atoms with E-state index in [1.807, 2.05) is 262 Å². The van der Waals surface area contributed by atoms with Gasteiger partial charge in [0.1, 0.15) is 42.8 Å². The van der Waals surface area contributed by atoms with Gasteiger partial charge in [0.05, 0.1) is 51.6 Å². The van der Waals surface area contributed by atoms with Gasteiger partial charge in [0, 0.05) is 0 Å². The third-order valence-electron chi connectivity index (χ3n) is 15.4. The molecule has 454 valence electrons. The standard InChI is InChI=1S/C86H66N4O4/c1-3-91-79-48-32-71(33-49-79)84(68-18-10-5-11-19-68)57-88-76-42-26-64(27-43-76)61-93-81-52-36-73(37-53-81)86(70-22-14-7-15-23-70)59-90-78-46-30-66(31-47-78)62-94-82-54-38-74(39-55-82)85(69-20-12-6-13-21-69)58-89-77-44-28-65(29-45-77)60-92-80-50-34-72(35-51-80)83(67-16-8-4-9-17-67)56-87-75-40-24-63(2)25-41-75/h4-55H,3,60-62H2,1-2H3. The summed E-state index contributed by atoms with van der Waals surface area (Å²) in [6, 6.07) is 105. The van der Waals surface area contributed by atoms with E-state index < -0.39 is 0 Å². The predicted octanol–water partition coefficient (Wildman–Crippen LogP) is 20.9. The Bertz CT molecular complexity index is 4720. The zero-order chi connectivity index (χ0) is 63.9. The molecule has 8 heteroatoms. The van der Waals surface area contributed by atoms with Crippen molar-refractivity contribution < 1.29 is 18.9 Å². The van der Waals surface area contributed by atoms with Crippen LogP contribution < -0.4 is 18.9 Å². The topological polar surface area (TPSA) is 86.4 Å². The van der Waals surface area contributed by atoms with Gasteiger partial charge >= 0.3 is 0 Å². The highest BCUT2D eigenvalue weighted by molar-refractivity contribution is 6.02. The molecule has 0 heterocycles. The monoisotopic (exact) mass is 1220 g/mol. The van der Waals surface area contributed by atoms with Gasteiger partial charge in [-0.1, -0.05) is 175 Å². The first-order chi connectivity index (χ1) is 46.4. The minimum atomic E-state index is 0.386. The average molecular weight is 1220 g/mol. The van der Waals surface area contributed by atoms with Crippen molar-refractivity contribution in [3.63, 3.8) is 0 Å². The van der Waals surface area contributed by atoms with Crippen molar-refractivity contribution >= 4 is 68.5 Å². The highest BCUT2D eigenvalue weighted by atomic mass is 16.5. The van der Waals surface area contributed by atoms with Crippen molar-refractivity contribution in [2.75, 3.05) is 6.61 Å². The summed E-state index contributed by atoms with van der Waals surface area (Å²) in [7, 11) is 0. The molecule has 0 bridgehead atoms. The van der Waals surface area contributed by atoms with Crippen LogP contribution in [0.3, 0.4) is 0 Å². The lowest BCUT2D eigenvalue weighted by Crippen LogP contribution is -1.96. The Balaban J connectivity index is 0.655. The molecule has 94 heavy (non-hydrogen) atoms. The Labute approximate surface area is 549 Å². The highest BCUT2D eigenvalue weighted by Crippen LogP contribution is 2.30. The Hall–Kier alpha value is -12.4. The van der Waals surface area contributed by atoms with Gasteiger partial charge in [0.25, 0.3) is 0 Å². The number of aryl methyl sites for hydroxylation is 1. The average Bonchev–Trinajstić information content (AvgIpc) is 1.78. The molecule has 8 nitrogen and oxygen atoms in total. The minimum Gasteiger partial charge on any atom is -0.494 e. The van der Waals surface area contributed by atoms with Crippen LogP contribution >= 0.6 is 0 Å². The van der Waals surface area contributed by atoms with Gasteiger partial charge in [-0.15, -0.1) is 0 Å². The molecule has 12 rings (SSSR count). The second kappa shape index (κ2) is 31.4. The molecule has 12 aromatic rings. The number of hydrogen-bond donors (Lipinski definition) is 0. The van der Waals surface area contributed by atoms with E-state index in [0.29, 0.717) is 26.4 Å². The second-order valence-electron chi connectivity index (χ2n) is 22.1. The van der Waals surface area contributed by atoms with Gasteiger partial charge in [-0.3, -0.25) is 0 Å². The first-order valence-corrected chi connectivity index (χ1v) is 31.2. The summed E-state index contributed by atoms with van der Waals surface area (Å²) in [4.78, 5) is 19.0. The first kappa shape index (κ1) is 61.9. The number of rotatable bonds is 23. The molecule has 0 saturated carbocycles. The Morgan fingerprint density at radius 1 is 0.245 bits per heavy atom. The van der Waals surface area contributed by atoms with Crippen LogP contribution in [0.25, 0.3) is 22.3 Å². The summed E-state index contributed by atoms with van der Waals surface area (Å²) in [5.41, 5.74) is 19.0. The quantitative estimate of drug-likeness (QED) is 0.0597. The van der Waals surface area contributed by atoms with E-state index in [4.69, 9.17) is 33.9 Å². The van der Waals surface area contributed by atoms with Crippen LogP contribution in [-0.2, 0) is 19.8 Å². The number of nitrogens with zero attached hydrogens (tertiary/aromatic N) is 4. The molecule has 12 aromatic carbocycles. The summed E-state index contributed by atoms with van der Waals surface area (Å²) >= 11 is 0. The predicted molar refractivity (Wildman–Crippen MR) is 385 cm³/mol. The van der Waals surface area contributed by atoms with Crippen LogP contribution in [-0.4, -0.2) is 30.1 Å². The lowest BCUT2D eigenvalue weighted by molar-refractivity contribution is 0.306. The van der Waals surface area contributed by atoms with Crippen molar-refractivity contribution in [3.8, 4) is 23.0 Å². The second-order valence-corrected chi connectivity index (χ2v) is 22.1. The summed E-state index contributed by atoms with van der Waals surface area (Å²) in [6.45, 7) is 5.86. The largest absolute Gasteiger partial charge is 0.494 e. The molecule has 0 spiro atoms. The molecule has 0 unspecified atom stereocenters. The van der Waals surface area contributed by atoms with Crippen LogP contribution in [0.1, 0.15) is 73.7 Å². The fraction of sp³-hybridized carbons (Fsp3) is 0.0698. The molecular formula is C86H66N4O4. The van der Waals surface area contributed by atoms with Gasteiger partial charge < -0.3 is 18.9 Å². The van der Waals surface area contributed by atoms with Gasteiger partial charge in [0.15, 0.2) is 0 Å². The van der Waals surface area contributed by atoms with Crippen molar-refractivity contribution in [1.82, 2.24) is 0 Å². The SMILES string of the molecule is CCOc1ccc(C(=C=Nc2ccc(COc3ccc(C(=C=Nc4ccc(COc5ccc(C(=C=Nc6ccc(COc7ccc(C(=C=Nc8ccc(C)cc8)c8ccccc8)cc7)cc6)c6ccccc6)cc5)cc4)c4ccccc4)cc3)cc2)c2ccccc2)cc1. The number of ether oxygens (including phenoxy) is 4. The Morgan fingerprint density at radius 3 is 0.691 bits per heavy atom. The van der Waals surface area contributed by atoms with Crippen LogP contribution in [0, 0.1) is 6.92 Å². The minimum absolute atomic E-state index is 0.386.